The number of hydrogen-bond donors (Lipinski definition) is 1. The first-order chi connectivity index (χ1) is 12.6. The Morgan fingerprint density at radius 1 is 1.12 bits per heavy atom. The molecule has 2 aromatic heterocycles. The summed E-state index contributed by atoms with van der Waals surface area (Å²) < 4.78 is 0. The minimum atomic E-state index is -0.137. The predicted octanol–water partition coefficient (Wildman–Crippen LogP) is 5.03. The van der Waals surface area contributed by atoms with Crippen LogP contribution in [0.2, 0.25) is 0 Å². The zero-order valence-electron chi connectivity index (χ0n) is 14.9. The van der Waals surface area contributed by atoms with Crippen molar-refractivity contribution in [2.75, 3.05) is 5.32 Å². The summed E-state index contributed by atoms with van der Waals surface area (Å²) in [4.78, 5) is 21.4. The van der Waals surface area contributed by atoms with E-state index < -0.39 is 0 Å². The quantitative estimate of drug-likeness (QED) is 0.751. The number of aromatic nitrogens is 2. The van der Waals surface area contributed by atoms with Gasteiger partial charge in [-0.25, -0.2) is 9.97 Å². The van der Waals surface area contributed by atoms with Crippen LogP contribution < -0.4 is 5.32 Å². The summed E-state index contributed by atoms with van der Waals surface area (Å²) in [6.45, 7) is 1.96. The topological polar surface area (TPSA) is 54.9 Å². The number of nitrogens with one attached hydrogen (secondary N) is 1. The molecular formula is C20H23N3OS2. The molecule has 0 spiro atoms. The fourth-order valence-corrected chi connectivity index (χ4v) is 7.18. The second-order valence-corrected chi connectivity index (χ2v) is 10.3. The molecule has 6 rings (SSSR count). The molecule has 0 radical (unpaired) electrons. The fraction of sp³-hybridized carbons (Fsp3) is 0.550. The highest BCUT2D eigenvalue weighted by Crippen LogP contribution is 2.60. The molecule has 136 valence electrons. The van der Waals surface area contributed by atoms with Crippen LogP contribution in [0.3, 0.4) is 0 Å². The van der Waals surface area contributed by atoms with Crippen molar-refractivity contribution in [3.8, 4) is 0 Å². The maximum absolute atomic E-state index is 12.2. The van der Waals surface area contributed by atoms with E-state index in [2.05, 4.69) is 15.7 Å². The van der Waals surface area contributed by atoms with Crippen molar-refractivity contribution in [1.29, 1.82) is 0 Å². The summed E-state index contributed by atoms with van der Waals surface area (Å²) in [5.74, 6) is 2.59. The van der Waals surface area contributed by atoms with Gasteiger partial charge in [-0.15, -0.1) is 22.7 Å². The van der Waals surface area contributed by atoms with Crippen molar-refractivity contribution in [1.82, 2.24) is 9.97 Å². The number of carbonyl (C=O) groups excluding carboxylic acids is 1. The van der Waals surface area contributed by atoms with Crippen molar-refractivity contribution in [2.24, 2.45) is 17.8 Å². The highest BCUT2D eigenvalue weighted by molar-refractivity contribution is 7.14. The van der Waals surface area contributed by atoms with Gasteiger partial charge in [0.15, 0.2) is 5.13 Å². The van der Waals surface area contributed by atoms with Crippen LogP contribution in [0, 0.1) is 24.7 Å². The molecule has 0 unspecified atom stereocenters. The van der Waals surface area contributed by atoms with Crippen LogP contribution in [0.25, 0.3) is 6.08 Å². The third-order valence-electron chi connectivity index (χ3n) is 6.36. The van der Waals surface area contributed by atoms with Crippen LogP contribution in [-0.4, -0.2) is 15.9 Å². The second kappa shape index (κ2) is 6.27. The molecule has 4 aliphatic carbocycles. The van der Waals surface area contributed by atoms with Crippen LogP contribution >= 0.6 is 22.7 Å². The predicted molar refractivity (Wildman–Crippen MR) is 106 cm³/mol. The summed E-state index contributed by atoms with van der Waals surface area (Å²) in [7, 11) is 0. The van der Waals surface area contributed by atoms with Crippen molar-refractivity contribution in [3.05, 3.63) is 33.2 Å². The van der Waals surface area contributed by atoms with Gasteiger partial charge in [0.1, 0.15) is 0 Å². The van der Waals surface area contributed by atoms with E-state index in [4.69, 9.17) is 4.98 Å². The van der Waals surface area contributed by atoms with Gasteiger partial charge in [0.25, 0.3) is 0 Å². The fourth-order valence-electron chi connectivity index (χ4n) is 5.76. The Bertz CT molecular complexity index is 831. The first-order valence-corrected chi connectivity index (χ1v) is 11.2. The lowest BCUT2D eigenvalue weighted by Crippen LogP contribution is -2.48. The van der Waals surface area contributed by atoms with Gasteiger partial charge >= 0.3 is 0 Å². The number of nitrogens with zero attached hydrogens (tertiary/aromatic N) is 2. The zero-order chi connectivity index (χ0) is 17.7. The number of carbonyl (C=O) groups is 1. The lowest BCUT2D eigenvalue weighted by atomic mass is 9.49. The maximum atomic E-state index is 12.2. The normalized spacial score (nSPS) is 32.4. The standard InChI is InChI=1S/C20H23N3OS2/c1-12-21-16(10-25-12)2-3-18(24)23-19-22-17(11-26-19)20-7-13-4-14(8-20)6-15(5-13)9-20/h2-3,10-11,13-15H,4-9H2,1H3,(H,22,23,24)/b3-2+. The van der Waals surface area contributed by atoms with Crippen molar-refractivity contribution >= 4 is 39.8 Å². The van der Waals surface area contributed by atoms with Gasteiger partial charge in [-0.3, -0.25) is 10.1 Å². The molecule has 2 aromatic rings. The van der Waals surface area contributed by atoms with Crippen LogP contribution in [-0.2, 0) is 10.2 Å². The molecule has 26 heavy (non-hydrogen) atoms. The summed E-state index contributed by atoms with van der Waals surface area (Å²) in [5.41, 5.74) is 2.36. The summed E-state index contributed by atoms with van der Waals surface area (Å²) >= 11 is 3.15. The lowest BCUT2D eigenvalue weighted by molar-refractivity contribution is -0.111. The molecule has 4 fully saturated rings. The van der Waals surface area contributed by atoms with Gasteiger partial charge in [0.05, 0.1) is 16.4 Å². The molecule has 1 amide bonds. The summed E-state index contributed by atoms with van der Waals surface area (Å²) in [6, 6.07) is 0. The number of anilines is 1. The molecule has 0 atom stereocenters. The molecule has 4 nitrogen and oxygen atoms in total. The smallest absolute Gasteiger partial charge is 0.250 e. The largest absolute Gasteiger partial charge is 0.298 e. The van der Waals surface area contributed by atoms with E-state index in [0.29, 0.717) is 5.41 Å². The Morgan fingerprint density at radius 3 is 2.42 bits per heavy atom. The number of aryl methyl sites for hydroxylation is 1. The minimum Gasteiger partial charge on any atom is -0.298 e. The highest BCUT2D eigenvalue weighted by Gasteiger charge is 2.52. The first-order valence-electron chi connectivity index (χ1n) is 9.45. The van der Waals surface area contributed by atoms with E-state index in [-0.39, 0.29) is 5.91 Å². The Labute approximate surface area is 161 Å². The molecule has 1 N–H and O–H groups in total. The molecule has 0 aromatic carbocycles. The van der Waals surface area contributed by atoms with Gasteiger partial charge in [-0.2, -0.15) is 0 Å². The van der Waals surface area contributed by atoms with E-state index in [1.807, 2.05) is 12.3 Å². The third-order valence-corrected chi connectivity index (χ3v) is 7.91. The van der Waals surface area contributed by atoms with Gasteiger partial charge in [0, 0.05) is 22.3 Å². The molecule has 0 aliphatic heterocycles. The van der Waals surface area contributed by atoms with E-state index in [1.165, 1.54) is 44.2 Å². The monoisotopic (exact) mass is 385 g/mol. The number of amides is 1. The third kappa shape index (κ3) is 3.03. The molecule has 4 bridgehead atoms. The number of thiazole rings is 2. The van der Waals surface area contributed by atoms with Gasteiger partial charge in [-0.1, -0.05) is 0 Å². The lowest BCUT2D eigenvalue weighted by Gasteiger charge is -2.56. The molecule has 4 aliphatic rings. The molecular weight excluding hydrogens is 362 g/mol. The number of hydrogen-bond acceptors (Lipinski definition) is 5. The van der Waals surface area contributed by atoms with E-state index in [1.54, 1.807) is 34.8 Å². The van der Waals surface area contributed by atoms with E-state index in [9.17, 15) is 4.79 Å². The number of rotatable bonds is 4. The molecule has 0 saturated heterocycles. The van der Waals surface area contributed by atoms with Crippen molar-refractivity contribution < 1.29 is 4.79 Å². The molecule has 4 saturated carbocycles. The zero-order valence-corrected chi connectivity index (χ0v) is 16.5. The molecule has 6 heteroatoms. The highest BCUT2D eigenvalue weighted by atomic mass is 32.1. The van der Waals surface area contributed by atoms with Crippen LogP contribution in [0.5, 0.6) is 0 Å². The Kier molecular flexibility index (Phi) is 4.01. The Hall–Kier alpha value is -1.53. The summed E-state index contributed by atoms with van der Waals surface area (Å²) in [5, 5.41) is 8.80. The van der Waals surface area contributed by atoms with Crippen LogP contribution in [0.15, 0.2) is 16.8 Å². The van der Waals surface area contributed by atoms with Gasteiger partial charge < -0.3 is 0 Å². The van der Waals surface area contributed by atoms with Gasteiger partial charge in [-0.05, 0) is 69.3 Å². The average Bonchev–Trinajstić information content (AvgIpc) is 3.21. The Balaban J connectivity index is 1.28. The van der Waals surface area contributed by atoms with Crippen molar-refractivity contribution in [3.63, 3.8) is 0 Å². The first kappa shape index (κ1) is 16.6. The maximum Gasteiger partial charge on any atom is 0.250 e. The molecule has 2 heterocycles. The minimum absolute atomic E-state index is 0.137. The van der Waals surface area contributed by atoms with E-state index >= 15 is 0 Å². The SMILES string of the molecule is Cc1nc(/C=C/C(=O)Nc2nc(C34CC5CC(CC(C5)C3)C4)cs2)cs1. The second-order valence-electron chi connectivity index (χ2n) is 8.35. The average molecular weight is 386 g/mol. The van der Waals surface area contributed by atoms with Crippen LogP contribution in [0.4, 0.5) is 5.13 Å². The van der Waals surface area contributed by atoms with Crippen molar-refractivity contribution in [2.45, 2.75) is 50.9 Å². The van der Waals surface area contributed by atoms with Gasteiger partial charge in [0.2, 0.25) is 5.91 Å². The van der Waals surface area contributed by atoms with Crippen LogP contribution in [0.1, 0.15) is 54.9 Å². The van der Waals surface area contributed by atoms with E-state index in [0.717, 1.165) is 33.6 Å². The Morgan fingerprint density at radius 2 is 1.81 bits per heavy atom. The summed E-state index contributed by atoms with van der Waals surface area (Å²) in [6.07, 6.45) is 11.5.